The van der Waals surface area contributed by atoms with E-state index >= 15 is 0 Å². The first-order valence-corrected chi connectivity index (χ1v) is 7.28. The molecule has 2 aromatic rings. The Hall–Kier alpha value is -2.31. The Morgan fingerprint density at radius 1 is 1.10 bits per heavy atom. The smallest absolute Gasteiger partial charge is 0.132 e. The summed E-state index contributed by atoms with van der Waals surface area (Å²) in [5.41, 5.74) is 1.79. The van der Waals surface area contributed by atoms with Gasteiger partial charge in [0.2, 0.25) is 0 Å². The fourth-order valence-corrected chi connectivity index (χ4v) is 2.31. The molecule has 1 atom stereocenters. The van der Waals surface area contributed by atoms with Gasteiger partial charge in [0.15, 0.2) is 0 Å². The number of para-hydroxylation sites is 1. The number of nitrogens with one attached hydrogen (secondary N) is 1. The maximum absolute atomic E-state index is 8.83. The minimum atomic E-state index is 0.282. The first-order chi connectivity index (χ1) is 10.3. The summed E-state index contributed by atoms with van der Waals surface area (Å²) >= 11 is 0. The van der Waals surface area contributed by atoms with Gasteiger partial charge >= 0.3 is 0 Å². The van der Waals surface area contributed by atoms with E-state index in [-0.39, 0.29) is 6.04 Å². The Morgan fingerprint density at radius 2 is 1.81 bits per heavy atom. The Kier molecular flexibility index (Phi) is 5.36. The third kappa shape index (κ3) is 3.84. The highest BCUT2D eigenvalue weighted by molar-refractivity contribution is 5.41. The number of hydrogen-bond acceptors (Lipinski definition) is 3. The van der Waals surface area contributed by atoms with Crippen molar-refractivity contribution in [1.29, 1.82) is 5.26 Å². The molecule has 0 heterocycles. The van der Waals surface area contributed by atoms with Crippen molar-refractivity contribution in [2.75, 3.05) is 6.54 Å². The fourth-order valence-electron chi connectivity index (χ4n) is 2.31. The van der Waals surface area contributed by atoms with Gasteiger partial charge in [0, 0.05) is 11.6 Å². The van der Waals surface area contributed by atoms with E-state index in [1.807, 2.05) is 30.3 Å². The summed E-state index contributed by atoms with van der Waals surface area (Å²) in [6.07, 6.45) is 1.00. The SMILES string of the molecule is CCNC(CC)c1ccccc1Oc1ccc(C#N)cc1. The van der Waals surface area contributed by atoms with Crippen LogP contribution in [0.4, 0.5) is 0 Å². The average Bonchev–Trinajstić information content (AvgIpc) is 2.54. The largest absolute Gasteiger partial charge is 0.457 e. The predicted octanol–water partition coefficient (Wildman–Crippen LogP) is 4.41. The lowest BCUT2D eigenvalue weighted by Crippen LogP contribution is -2.20. The van der Waals surface area contributed by atoms with Gasteiger partial charge in [0.25, 0.3) is 0 Å². The number of nitrogens with zero attached hydrogens (tertiary/aromatic N) is 1. The van der Waals surface area contributed by atoms with E-state index in [1.54, 1.807) is 12.1 Å². The zero-order chi connectivity index (χ0) is 15.1. The van der Waals surface area contributed by atoms with Crippen LogP contribution >= 0.6 is 0 Å². The Bertz CT molecular complexity index is 614. The third-order valence-electron chi connectivity index (χ3n) is 3.36. The van der Waals surface area contributed by atoms with Crippen molar-refractivity contribution in [3.8, 4) is 17.6 Å². The lowest BCUT2D eigenvalue weighted by atomic mass is 10.0. The molecule has 0 saturated heterocycles. The van der Waals surface area contributed by atoms with E-state index < -0.39 is 0 Å². The average molecular weight is 280 g/mol. The Labute approximate surface area is 126 Å². The summed E-state index contributed by atoms with van der Waals surface area (Å²) in [5, 5.41) is 12.3. The van der Waals surface area contributed by atoms with Crippen molar-refractivity contribution in [3.63, 3.8) is 0 Å². The van der Waals surface area contributed by atoms with Crippen LogP contribution in [-0.4, -0.2) is 6.54 Å². The van der Waals surface area contributed by atoms with Crippen LogP contribution in [0, 0.1) is 11.3 Å². The maximum atomic E-state index is 8.83. The van der Waals surface area contributed by atoms with Gasteiger partial charge in [-0.1, -0.05) is 32.0 Å². The molecule has 0 bridgehead atoms. The minimum Gasteiger partial charge on any atom is -0.457 e. The topological polar surface area (TPSA) is 45.0 Å². The summed E-state index contributed by atoms with van der Waals surface area (Å²) < 4.78 is 5.99. The Balaban J connectivity index is 2.25. The van der Waals surface area contributed by atoms with Crippen LogP contribution in [0.25, 0.3) is 0 Å². The molecule has 21 heavy (non-hydrogen) atoms. The second-order valence-electron chi connectivity index (χ2n) is 4.79. The van der Waals surface area contributed by atoms with Gasteiger partial charge in [-0.25, -0.2) is 0 Å². The van der Waals surface area contributed by atoms with Crippen molar-refractivity contribution < 1.29 is 4.74 Å². The molecule has 0 amide bonds. The number of rotatable bonds is 6. The van der Waals surface area contributed by atoms with Crippen LogP contribution in [0.15, 0.2) is 48.5 Å². The third-order valence-corrected chi connectivity index (χ3v) is 3.36. The molecule has 0 spiro atoms. The molecule has 0 fully saturated rings. The zero-order valence-corrected chi connectivity index (χ0v) is 12.5. The van der Waals surface area contributed by atoms with Crippen molar-refractivity contribution in [2.24, 2.45) is 0 Å². The van der Waals surface area contributed by atoms with Crippen molar-refractivity contribution in [3.05, 3.63) is 59.7 Å². The van der Waals surface area contributed by atoms with Crippen LogP contribution < -0.4 is 10.1 Å². The second-order valence-corrected chi connectivity index (χ2v) is 4.79. The highest BCUT2D eigenvalue weighted by atomic mass is 16.5. The van der Waals surface area contributed by atoms with Crippen molar-refractivity contribution >= 4 is 0 Å². The summed E-state index contributed by atoms with van der Waals surface area (Å²) in [7, 11) is 0. The fraction of sp³-hybridized carbons (Fsp3) is 0.278. The quantitative estimate of drug-likeness (QED) is 0.852. The van der Waals surface area contributed by atoms with Gasteiger partial charge in [-0.15, -0.1) is 0 Å². The predicted molar refractivity (Wildman–Crippen MR) is 84.4 cm³/mol. The molecule has 1 N–H and O–H groups in total. The van der Waals surface area contributed by atoms with Crippen molar-refractivity contribution in [1.82, 2.24) is 5.32 Å². The normalized spacial score (nSPS) is 11.7. The molecule has 108 valence electrons. The standard InChI is InChI=1S/C18H20N2O/c1-3-17(20-4-2)16-7-5-6-8-18(16)21-15-11-9-14(13-19)10-12-15/h5-12,17,20H,3-4H2,1-2H3. The lowest BCUT2D eigenvalue weighted by molar-refractivity contribution is 0.453. The first kappa shape index (κ1) is 15.1. The van der Waals surface area contributed by atoms with E-state index in [1.165, 1.54) is 0 Å². The molecule has 0 aliphatic heterocycles. The molecule has 0 aliphatic rings. The zero-order valence-electron chi connectivity index (χ0n) is 12.5. The lowest BCUT2D eigenvalue weighted by Gasteiger charge is -2.20. The molecule has 0 aliphatic carbocycles. The summed E-state index contributed by atoms with van der Waals surface area (Å²) in [6.45, 7) is 5.18. The van der Waals surface area contributed by atoms with Gasteiger partial charge in [-0.05, 0) is 43.3 Å². The molecule has 2 rings (SSSR count). The highest BCUT2D eigenvalue weighted by Crippen LogP contribution is 2.31. The van der Waals surface area contributed by atoms with Gasteiger partial charge in [0.05, 0.1) is 11.6 Å². The maximum Gasteiger partial charge on any atom is 0.132 e. The van der Waals surface area contributed by atoms with Gasteiger partial charge in [0.1, 0.15) is 11.5 Å². The monoisotopic (exact) mass is 280 g/mol. The first-order valence-electron chi connectivity index (χ1n) is 7.28. The number of hydrogen-bond donors (Lipinski definition) is 1. The van der Waals surface area contributed by atoms with E-state index in [0.29, 0.717) is 5.56 Å². The second kappa shape index (κ2) is 7.47. The van der Waals surface area contributed by atoms with Crippen LogP contribution in [0.5, 0.6) is 11.5 Å². The van der Waals surface area contributed by atoms with Gasteiger partial charge in [-0.3, -0.25) is 0 Å². The number of benzene rings is 2. The highest BCUT2D eigenvalue weighted by Gasteiger charge is 2.13. The van der Waals surface area contributed by atoms with Crippen molar-refractivity contribution in [2.45, 2.75) is 26.3 Å². The van der Waals surface area contributed by atoms with Crippen LogP contribution in [0.3, 0.4) is 0 Å². The van der Waals surface area contributed by atoms with E-state index in [2.05, 4.69) is 31.3 Å². The van der Waals surface area contributed by atoms with Crippen LogP contribution in [0.1, 0.15) is 37.4 Å². The molecule has 0 saturated carbocycles. The molecule has 1 unspecified atom stereocenters. The van der Waals surface area contributed by atoms with E-state index in [0.717, 1.165) is 30.0 Å². The molecule has 3 nitrogen and oxygen atoms in total. The van der Waals surface area contributed by atoms with Gasteiger partial charge < -0.3 is 10.1 Å². The number of ether oxygens (including phenoxy) is 1. The summed E-state index contributed by atoms with van der Waals surface area (Å²) in [4.78, 5) is 0. The molecular formula is C18H20N2O. The number of nitriles is 1. The molecule has 0 radical (unpaired) electrons. The molecular weight excluding hydrogens is 260 g/mol. The van der Waals surface area contributed by atoms with E-state index in [4.69, 9.17) is 10.00 Å². The van der Waals surface area contributed by atoms with Gasteiger partial charge in [-0.2, -0.15) is 5.26 Å². The molecule has 0 aromatic heterocycles. The van der Waals surface area contributed by atoms with E-state index in [9.17, 15) is 0 Å². The molecule has 3 heteroatoms. The molecule has 2 aromatic carbocycles. The van der Waals surface area contributed by atoms with Crippen LogP contribution in [0.2, 0.25) is 0 Å². The minimum absolute atomic E-state index is 0.282. The van der Waals surface area contributed by atoms with Crippen LogP contribution in [-0.2, 0) is 0 Å². The summed E-state index contributed by atoms with van der Waals surface area (Å²) in [5.74, 6) is 1.60. The Morgan fingerprint density at radius 3 is 2.43 bits per heavy atom. The summed E-state index contributed by atoms with van der Waals surface area (Å²) in [6, 6.07) is 17.6.